The Hall–Kier alpha value is -0.520. The van der Waals surface area contributed by atoms with Gasteiger partial charge in [-0.2, -0.15) is 0 Å². The monoisotopic (exact) mass is 328 g/mol. The van der Waals surface area contributed by atoms with Crippen molar-refractivity contribution in [3.8, 4) is 0 Å². The molecule has 0 amide bonds. The van der Waals surface area contributed by atoms with E-state index in [1.807, 2.05) is 0 Å². The van der Waals surface area contributed by atoms with Crippen molar-refractivity contribution in [2.45, 2.75) is 90.9 Å². The van der Waals surface area contributed by atoms with Crippen LogP contribution in [0, 0.1) is 35.5 Å². The zero-order chi connectivity index (χ0) is 16.8. The van der Waals surface area contributed by atoms with Crippen LogP contribution in [-0.2, 0) is 0 Å². The molecule has 3 fully saturated rings. The lowest BCUT2D eigenvalue weighted by Crippen LogP contribution is -2.29. The van der Waals surface area contributed by atoms with E-state index in [4.69, 9.17) is 0 Å². The molecule has 0 spiro atoms. The van der Waals surface area contributed by atoms with Crippen molar-refractivity contribution >= 4 is 0 Å². The van der Waals surface area contributed by atoms with E-state index in [0.29, 0.717) is 0 Å². The van der Waals surface area contributed by atoms with Gasteiger partial charge in [0.2, 0.25) is 0 Å². The molecule has 0 bridgehead atoms. The van der Waals surface area contributed by atoms with Crippen molar-refractivity contribution in [3.63, 3.8) is 0 Å². The first-order valence-electron chi connectivity index (χ1n) is 11.1. The second-order valence-corrected chi connectivity index (χ2v) is 9.08. The number of allylic oxidation sites excluding steroid dienone is 4. The maximum Gasteiger partial charge on any atom is -0.0233 e. The molecule has 0 aromatic rings. The summed E-state index contributed by atoms with van der Waals surface area (Å²) >= 11 is 0. The minimum absolute atomic E-state index is 0.898. The molecule has 0 saturated heterocycles. The fraction of sp³-hybridized carbons (Fsp3) is 0.833. The van der Waals surface area contributed by atoms with Crippen molar-refractivity contribution in [1.82, 2.24) is 0 Å². The third-order valence-electron chi connectivity index (χ3n) is 7.71. The van der Waals surface area contributed by atoms with Crippen LogP contribution < -0.4 is 0 Å². The summed E-state index contributed by atoms with van der Waals surface area (Å²) in [5.74, 6) is 6.08. The predicted octanol–water partition coefficient (Wildman–Crippen LogP) is 7.56. The smallest absolute Gasteiger partial charge is 0.0233 e. The summed E-state index contributed by atoms with van der Waals surface area (Å²) in [6.45, 7) is 4.36. The Morgan fingerprint density at radius 2 is 0.667 bits per heavy atom. The number of rotatable bonds is 4. The summed E-state index contributed by atoms with van der Waals surface area (Å²) in [6.07, 6.45) is 27.6. The van der Waals surface area contributed by atoms with Crippen LogP contribution in [0.3, 0.4) is 0 Å². The van der Waals surface area contributed by atoms with Gasteiger partial charge in [0.25, 0.3) is 0 Å². The SMILES string of the molecule is CC=CC1CCC(C2CCC(C3CCC(C=CC)CC3)CC2)CC1. The van der Waals surface area contributed by atoms with Crippen molar-refractivity contribution in [2.75, 3.05) is 0 Å². The molecule has 3 aliphatic rings. The lowest BCUT2D eigenvalue weighted by atomic mass is 9.65. The summed E-state index contributed by atoms with van der Waals surface area (Å²) in [4.78, 5) is 0. The zero-order valence-electron chi connectivity index (χ0n) is 16.3. The molecule has 0 nitrogen and oxygen atoms in total. The first-order chi connectivity index (χ1) is 11.8. The second kappa shape index (κ2) is 9.25. The first-order valence-corrected chi connectivity index (χ1v) is 11.1. The topological polar surface area (TPSA) is 0 Å². The fourth-order valence-electron chi connectivity index (χ4n) is 6.25. The second-order valence-electron chi connectivity index (χ2n) is 9.08. The minimum Gasteiger partial charge on any atom is -0.0914 e. The third kappa shape index (κ3) is 4.77. The fourth-order valence-corrected chi connectivity index (χ4v) is 6.25. The van der Waals surface area contributed by atoms with Gasteiger partial charge >= 0.3 is 0 Å². The van der Waals surface area contributed by atoms with Crippen molar-refractivity contribution in [2.24, 2.45) is 35.5 Å². The highest BCUT2D eigenvalue weighted by Crippen LogP contribution is 2.46. The standard InChI is InChI=1S/C24H40/c1-3-5-19-7-11-21(12-8-19)23-15-17-24(18-16-23)22-13-9-20(6-4-2)10-14-22/h3-6,19-24H,7-18H2,1-2H3. The van der Waals surface area contributed by atoms with Gasteiger partial charge in [-0.05, 0) is 126 Å². The van der Waals surface area contributed by atoms with Crippen LogP contribution in [-0.4, -0.2) is 0 Å². The maximum absolute atomic E-state index is 2.46. The number of hydrogen-bond acceptors (Lipinski definition) is 0. The van der Waals surface area contributed by atoms with Crippen molar-refractivity contribution < 1.29 is 0 Å². The van der Waals surface area contributed by atoms with Crippen molar-refractivity contribution in [3.05, 3.63) is 24.3 Å². The van der Waals surface area contributed by atoms with E-state index in [1.54, 1.807) is 25.7 Å². The maximum atomic E-state index is 2.46. The van der Waals surface area contributed by atoms with E-state index in [9.17, 15) is 0 Å². The highest BCUT2D eigenvalue weighted by Gasteiger charge is 2.34. The van der Waals surface area contributed by atoms with Crippen LogP contribution in [0.15, 0.2) is 24.3 Å². The lowest BCUT2D eigenvalue weighted by molar-refractivity contribution is 0.112. The van der Waals surface area contributed by atoms with Crippen LogP contribution in [0.25, 0.3) is 0 Å². The molecule has 136 valence electrons. The Kier molecular flexibility index (Phi) is 7.05. The van der Waals surface area contributed by atoms with Crippen LogP contribution in [0.4, 0.5) is 0 Å². The van der Waals surface area contributed by atoms with Crippen LogP contribution in [0.2, 0.25) is 0 Å². The van der Waals surface area contributed by atoms with Gasteiger partial charge in [-0.1, -0.05) is 24.3 Å². The Bertz CT molecular complexity index is 354. The quantitative estimate of drug-likeness (QED) is 0.467. The Morgan fingerprint density at radius 3 is 0.917 bits per heavy atom. The van der Waals surface area contributed by atoms with Gasteiger partial charge in [0, 0.05) is 0 Å². The summed E-state index contributed by atoms with van der Waals surface area (Å²) in [6, 6.07) is 0. The normalized spacial score (nSPS) is 41.9. The van der Waals surface area contributed by atoms with Crippen LogP contribution in [0.1, 0.15) is 90.9 Å². The molecule has 0 aromatic carbocycles. The summed E-state index contributed by atoms with van der Waals surface area (Å²) in [5.41, 5.74) is 0. The molecule has 0 aromatic heterocycles. The van der Waals surface area contributed by atoms with E-state index in [-0.39, 0.29) is 0 Å². The Labute approximate surface area is 151 Å². The van der Waals surface area contributed by atoms with Crippen LogP contribution in [0.5, 0.6) is 0 Å². The number of hydrogen-bond donors (Lipinski definition) is 0. The van der Waals surface area contributed by atoms with Gasteiger partial charge in [-0.3, -0.25) is 0 Å². The van der Waals surface area contributed by atoms with Gasteiger partial charge in [-0.25, -0.2) is 0 Å². The Balaban J connectivity index is 1.39. The largest absolute Gasteiger partial charge is 0.0914 e. The van der Waals surface area contributed by atoms with E-state index in [1.165, 1.54) is 51.4 Å². The predicted molar refractivity (Wildman–Crippen MR) is 106 cm³/mol. The summed E-state index contributed by atoms with van der Waals surface area (Å²) < 4.78 is 0. The van der Waals surface area contributed by atoms with E-state index in [2.05, 4.69) is 38.2 Å². The highest BCUT2D eigenvalue weighted by molar-refractivity contribution is 4.93. The first kappa shape index (κ1) is 18.3. The molecule has 0 unspecified atom stereocenters. The van der Waals surface area contributed by atoms with Gasteiger partial charge in [0.05, 0.1) is 0 Å². The molecule has 0 radical (unpaired) electrons. The molecule has 0 heteroatoms. The summed E-state index contributed by atoms with van der Waals surface area (Å²) in [5, 5.41) is 0. The Morgan fingerprint density at radius 1 is 0.417 bits per heavy atom. The van der Waals surface area contributed by atoms with Gasteiger partial charge in [0.1, 0.15) is 0 Å². The average Bonchev–Trinajstić information content (AvgIpc) is 2.64. The molecule has 0 aliphatic heterocycles. The van der Waals surface area contributed by atoms with Crippen molar-refractivity contribution in [1.29, 1.82) is 0 Å². The molecule has 0 heterocycles. The molecule has 3 rings (SSSR count). The molecule has 3 aliphatic carbocycles. The zero-order valence-corrected chi connectivity index (χ0v) is 16.3. The van der Waals surface area contributed by atoms with E-state index < -0.39 is 0 Å². The molecular weight excluding hydrogens is 288 g/mol. The molecular formula is C24H40. The molecule has 0 N–H and O–H groups in total. The lowest BCUT2D eigenvalue weighted by Gasteiger charge is -2.41. The average molecular weight is 329 g/mol. The van der Waals surface area contributed by atoms with Crippen LogP contribution >= 0.6 is 0 Å². The minimum atomic E-state index is 0.898. The molecule has 0 atom stereocenters. The summed E-state index contributed by atoms with van der Waals surface area (Å²) in [7, 11) is 0. The van der Waals surface area contributed by atoms with Gasteiger partial charge in [-0.15, -0.1) is 0 Å². The highest BCUT2D eigenvalue weighted by atomic mass is 14.4. The van der Waals surface area contributed by atoms with E-state index in [0.717, 1.165) is 35.5 Å². The van der Waals surface area contributed by atoms with E-state index >= 15 is 0 Å². The third-order valence-corrected chi connectivity index (χ3v) is 7.71. The molecule has 3 saturated carbocycles. The van der Waals surface area contributed by atoms with Gasteiger partial charge < -0.3 is 0 Å². The molecule has 24 heavy (non-hydrogen) atoms. The van der Waals surface area contributed by atoms with Gasteiger partial charge in [0.15, 0.2) is 0 Å².